The standard InChI is InChI=1S/C16H18ClN3O/c1-3-19-16(21)11-5-7-13(18)15(8-11)20-14-9-12(17)6-4-10(14)2/h4-9,20H,3,18H2,1-2H3,(H,19,21). The number of hydrogen-bond acceptors (Lipinski definition) is 3. The molecule has 0 atom stereocenters. The number of anilines is 3. The summed E-state index contributed by atoms with van der Waals surface area (Å²) in [4.78, 5) is 11.9. The predicted octanol–water partition coefficient (Wildman–Crippen LogP) is 3.72. The third-order valence-electron chi connectivity index (χ3n) is 3.12. The molecule has 2 aromatic rings. The Morgan fingerprint density at radius 2 is 1.95 bits per heavy atom. The van der Waals surface area contributed by atoms with Crippen molar-refractivity contribution < 1.29 is 4.79 Å². The van der Waals surface area contributed by atoms with Gasteiger partial charge in [-0.2, -0.15) is 0 Å². The number of rotatable bonds is 4. The lowest BCUT2D eigenvalue weighted by Gasteiger charge is -2.13. The Labute approximate surface area is 129 Å². The average Bonchev–Trinajstić information content (AvgIpc) is 2.45. The molecule has 4 nitrogen and oxygen atoms in total. The van der Waals surface area contributed by atoms with E-state index in [1.165, 1.54) is 0 Å². The summed E-state index contributed by atoms with van der Waals surface area (Å²) >= 11 is 6.01. The van der Waals surface area contributed by atoms with Crippen LogP contribution >= 0.6 is 11.6 Å². The largest absolute Gasteiger partial charge is 0.397 e. The second-order valence-corrected chi connectivity index (χ2v) is 5.18. The molecular weight excluding hydrogens is 286 g/mol. The molecule has 21 heavy (non-hydrogen) atoms. The molecule has 0 fully saturated rings. The Bertz CT molecular complexity index is 671. The first-order chi connectivity index (χ1) is 10.0. The first-order valence-corrected chi connectivity index (χ1v) is 7.10. The maximum Gasteiger partial charge on any atom is 0.251 e. The van der Waals surface area contributed by atoms with Gasteiger partial charge in [0.25, 0.3) is 5.91 Å². The van der Waals surface area contributed by atoms with E-state index in [0.29, 0.717) is 28.5 Å². The fourth-order valence-corrected chi connectivity index (χ4v) is 2.11. The smallest absolute Gasteiger partial charge is 0.251 e. The van der Waals surface area contributed by atoms with Gasteiger partial charge in [-0.3, -0.25) is 4.79 Å². The summed E-state index contributed by atoms with van der Waals surface area (Å²) in [6, 6.07) is 10.7. The van der Waals surface area contributed by atoms with Crippen molar-refractivity contribution in [3.63, 3.8) is 0 Å². The molecule has 0 aliphatic rings. The van der Waals surface area contributed by atoms with Gasteiger partial charge in [0.15, 0.2) is 0 Å². The van der Waals surface area contributed by atoms with Gasteiger partial charge >= 0.3 is 0 Å². The summed E-state index contributed by atoms with van der Waals surface area (Å²) in [5, 5.41) is 6.63. The van der Waals surface area contributed by atoms with Crippen molar-refractivity contribution in [2.24, 2.45) is 0 Å². The summed E-state index contributed by atoms with van der Waals surface area (Å²) in [5.41, 5.74) is 9.70. The molecule has 110 valence electrons. The van der Waals surface area contributed by atoms with E-state index >= 15 is 0 Å². The fraction of sp³-hybridized carbons (Fsp3) is 0.188. The van der Waals surface area contributed by atoms with Gasteiger partial charge in [-0.15, -0.1) is 0 Å². The second kappa shape index (κ2) is 6.50. The highest BCUT2D eigenvalue weighted by molar-refractivity contribution is 6.30. The minimum atomic E-state index is -0.122. The highest BCUT2D eigenvalue weighted by atomic mass is 35.5. The zero-order valence-corrected chi connectivity index (χ0v) is 12.8. The van der Waals surface area contributed by atoms with Crippen LogP contribution in [0, 0.1) is 6.92 Å². The lowest BCUT2D eigenvalue weighted by molar-refractivity contribution is 0.0956. The van der Waals surface area contributed by atoms with E-state index < -0.39 is 0 Å². The zero-order valence-electron chi connectivity index (χ0n) is 12.0. The lowest BCUT2D eigenvalue weighted by Crippen LogP contribution is -2.22. The Balaban J connectivity index is 2.33. The van der Waals surface area contributed by atoms with E-state index in [4.69, 9.17) is 17.3 Å². The molecule has 0 unspecified atom stereocenters. The number of nitrogen functional groups attached to an aromatic ring is 1. The predicted molar refractivity (Wildman–Crippen MR) is 88.3 cm³/mol. The SMILES string of the molecule is CCNC(=O)c1ccc(N)c(Nc2cc(Cl)ccc2C)c1. The number of nitrogens with one attached hydrogen (secondary N) is 2. The van der Waals surface area contributed by atoms with E-state index in [1.54, 1.807) is 18.2 Å². The molecule has 2 aromatic carbocycles. The van der Waals surface area contributed by atoms with Crippen molar-refractivity contribution >= 4 is 34.6 Å². The van der Waals surface area contributed by atoms with Gasteiger partial charge in [-0.25, -0.2) is 0 Å². The molecule has 0 aromatic heterocycles. The Morgan fingerprint density at radius 1 is 1.19 bits per heavy atom. The molecule has 0 aliphatic carbocycles. The molecule has 0 saturated carbocycles. The van der Waals surface area contributed by atoms with Crippen LogP contribution in [0.2, 0.25) is 5.02 Å². The number of aryl methyl sites for hydroxylation is 1. The van der Waals surface area contributed by atoms with Crippen LogP contribution in [0.5, 0.6) is 0 Å². The van der Waals surface area contributed by atoms with Crippen LogP contribution in [0.3, 0.4) is 0 Å². The molecule has 0 spiro atoms. The number of amides is 1. The third kappa shape index (κ3) is 3.67. The van der Waals surface area contributed by atoms with E-state index in [1.807, 2.05) is 32.0 Å². The van der Waals surface area contributed by atoms with Crippen LogP contribution in [-0.2, 0) is 0 Å². The van der Waals surface area contributed by atoms with Crippen LogP contribution in [0.4, 0.5) is 17.1 Å². The highest BCUT2D eigenvalue weighted by Gasteiger charge is 2.09. The lowest BCUT2D eigenvalue weighted by atomic mass is 10.1. The quantitative estimate of drug-likeness (QED) is 0.754. The number of halogens is 1. The molecule has 0 radical (unpaired) electrons. The van der Waals surface area contributed by atoms with E-state index in [0.717, 1.165) is 11.3 Å². The molecule has 1 amide bonds. The summed E-state index contributed by atoms with van der Waals surface area (Å²) in [7, 11) is 0. The van der Waals surface area contributed by atoms with Gasteiger partial charge in [0.2, 0.25) is 0 Å². The van der Waals surface area contributed by atoms with Crippen LogP contribution < -0.4 is 16.4 Å². The van der Waals surface area contributed by atoms with Gasteiger partial charge in [0, 0.05) is 22.8 Å². The number of hydrogen-bond donors (Lipinski definition) is 3. The summed E-state index contributed by atoms with van der Waals surface area (Å²) < 4.78 is 0. The second-order valence-electron chi connectivity index (χ2n) is 4.75. The number of nitrogens with two attached hydrogens (primary N) is 1. The average molecular weight is 304 g/mol. The monoisotopic (exact) mass is 303 g/mol. The Kier molecular flexibility index (Phi) is 4.70. The molecule has 0 bridgehead atoms. The van der Waals surface area contributed by atoms with Crippen LogP contribution in [0.1, 0.15) is 22.8 Å². The Morgan fingerprint density at radius 3 is 2.67 bits per heavy atom. The summed E-state index contributed by atoms with van der Waals surface area (Å²) in [6.45, 7) is 4.44. The van der Waals surface area contributed by atoms with Gasteiger partial charge in [0.05, 0.1) is 11.4 Å². The minimum Gasteiger partial charge on any atom is -0.397 e. The van der Waals surface area contributed by atoms with Crippen LogP contribution in [-0.4, -0.2) is 12.5 Å². The van der Waals surface area contributed by atoms with Crippen molar-refractivity contribution in [2.45, 2.75) is 13.8 Å². The van der Waals surface area contributed by atoms with Crippen molar-refractivity contribution in [1.82, 2.24) is 5.32 Å². The minimum absolute atomic E-state index is 0.122. The molecule has 0 aliphatic heterocycles. The van der Waals surface area contributed by atoms with Gasteiger partial charge < -0.3 is 16.4 Å². The summed E-state index contributed by atoms with van der Waals surface area (Å²) in [5.74, 6) is -0.122. The maximum absolute atomic E-state index is 11.9. The third-order valence-corrected chi connectivity index (χ3v) is 3.36. The van der Waals surface area contributed by atoms with Gasteiger partial charge in [-0.05, 0) is 49.7 Å². The topological polar surface area (TPSA) is 67.2 Å². The van der Waals surface area contributed by atoms with E-state index in [9.17, 15) is 4.79 Å². The molecule has 5 heteroatoms. The van der Waals surface area contributed by atoms with E-state index in [2.05, 4.69) is 10.6 Å². The van der Waals surface area contributed by atoms with Crippen molar-refractivity contribution in [2.75, 3.05) is 17.6 Å². The van der Waals surface area contributed by atoms with E-state index in [-0.39, 0.29) is 5.91 Å². The summed E-state index contributed by atoms with van der Waals surface area (Å²) in [6.07, 6.45) is 0. The number of benzene rings is 2. The van der Waals surface area contributed by atoms with Gasteiger partial charge in [-0.1, -0.05) is 17.7 Å². The normalized spacial score (nSPS) is 10.2. The maximum atomic E-state index is 11.9. The van der Waals surface area contributed by atoms with Gasteiger partial charge in [0.1, 0.15) is 0 Å². The number of carbonyl (C=O) groups is 1. The molecule has 0 saturated heterocycles. The van der Waals surface area contributed by atoms with Crippen molar-refractivity contribution in [3.05, 3.63) is 52.5 Å². The number of carbonyl (C=O) groups excluding carboxylic acids is 1. The van der Waals surface area contributed by atoms with Crippen molar-refractivity contribution in [3.8, 4) is 0 Å². The van der Waals surface area contributed by atoms with Crippen LogP contribution in [0.25, 0.3) is 0 Å². The first-order valence-electron chi connectivity index (χ1n) is 6.72. The first kappa shape index (κ1) is 15.2. The fourth-order valence-electron chi connectivity index (χ4n) is 1.94. The Hall–Kier alpha value is -2.20. The highest BCUT2D eigenvalue weighted by Crippen LogP contribution is 2.28. The molecule has 4 N–H and O–H groups in total. The molecular formula is C16H18ClN3O. The zero-order chi connectivity index (χ0) is 15.4. The molecule has 0 heterocycles. The van der Waals surface area contributed by atoms with Crippen molar-refractivity contribution in [1.29, 1.82) is 0 Å². The molecule has 2 rings (SSSR count). The van der Waals surface area contributed by atoms with Crippen LogP contribution in [0.15, 0.2) is 36.4 Å².